The standard InChI is InChI=1S/C32H47FN6O4S.2CH4O3S/c1-5-39(23(3)4)31(40)27-17-25(33)9-12-28(27)43-29-18-34-22-35-30(29)38-20-32(21-38)13-15-37(16-14-32)19-24-7-10-26(11-8-24)36-44(41,42)6-2;2*1-5(2,3)4/h9,12,17-18,22-24,26,36H,5-8,10-11,13-16,19-21H2,1-4H3;2*1H3,(H,2,3,4). The fourth-order valence-corrected chi connectivity index (χ4v) is 7.91. The predicted octanol–water partition coefficient (Wildman–Crippen LogP) is 3.69. The number of benzene rings is 1. The van der Waals surface area contributed by atoms with Gasteiger partial charge in [-0.15, -0.1) is 0 Å². The molecule has 0 atom stereocenters. The monoisotopic (exact) mass is 822 g/mol. The molecular weight excluding hydrogens is 768 g/mol. The lowest BCUT2D eigenvalue weighted by molar-refractivity contribution is 0.0618. The third kappa shape index (κ3) is 14.9. The fourth-order valence-electron chi connectivity index (χ4n) is 7.00. The van der Waals surface area contributed by atoms with E-state index in [0.29, 0.717) is 36.5 Å². The van der Waals surface area contributed by atoms with Crippen molar-refractivity contribution in [3.8, 4) is 11.5 Å². The van der Waals surface area contributed by atoms with Crippen molar-refractivity contribution >= 4 is 42.0 Å². The van der Waals surface area contributed by atoms with Gasteiger partial charge in [0.05, 0.1) is 30.0 Å². The van der Waals surface area contributed by atoms with Gasteiger partial charge in [-0.2, -0.15) is 16.8 Å². The molecule has 20 heteroatoms. The number of sulfonamides is 1. The van der Waals surface area contributed by atoms with Crippen molar-refractivity contribution in [2.45, 2.75) is 78.3 Å². The van der Waals surface area contributed by atoms with Crippen LogP contribution in [0.5, 0.6) is 11.5 Å². The zero-order valence-electron chi connectivity index (χ0n) is 31.8. The topological polar surface area (TPSA) is 217 Å². The van der Waals surface area contributed by atoms with Crippen molar-refractivity contribution in [2.75, 3.05) is 62.4 Å². The highest BCUT2D eigenvalue weighted by molar-refractivity contribution is 7.89. The normalized spacial score (nSPS) is 20.2. The Morgan fingerprint density at radius 3 is 2.09 bits per heavy atom. The molecule has 0 radical (unpaired) electrons. The van der Waals surface area contributed by atoms with E-state index in [1.54, 1.807) is 18.0 Å². The van der Waals surface area contributed by atoms with Gasteiger partial charge in [0.25, 0.3) is 26.1 Å². The van der Waals surface area contributed by atoms with Crippen LogP contribution >= 0.6 is 0 Å². The summed E-state index contributed by atoms with van der Waals surface area (Å²) >= 11 is 0. The minimum absolute atomic E-state index is 0.0352. The third-order valence-electron chi connectivity index (χ3n) is 9.63. The zero-order chi connectivity index (χ0) is 40.5. The van der Waals surface area contributed by atoms with Crippen LogP contribution in [0.15, 0.2) is 30.7 Å². The Hall–Kier alpha value is -3.01. The van der Waals surface area contributed by atoms with E-state index in [9.17, 15) is 34.4 Å². The highest BCUT2D eigenvalue weighted by Gasteiger charge is 2.46. The van der Waals surface area contributed by atoms with Crippen LogP contribution in [0.25, 0.3) is 0 Å². The molecule has 2 saturated heterocycles. The van der Waals surface area contributed by atoms with E-state index in [4.69, 9.17) is 13.8 Å². The van der Waals surface area contributed by atoms with Crippen LogP contribution in [0.2, 0.25) is 0 Å². The van der Waals surface area contributed by atoms with E-state index in [1.165, 1.54) is 24.5 Å². The number of nitrogens with one attached hydrogen (secondary N) is 1. The van der Waals surface area contributed by atoms with Crippen molar-refractivity contribution < 1.29 is 48.3 Å². The number of amides is 1. The summed E-state index contributed by atoms with van der Waals surface area (Å²) in [5.74, 6) is 1.41. The highest BCUT2D eigenvalue weighted by atomic mass is 32.2. The molecule has 306 valence electrons. The summed E-state index contributed by atoms with van der Waals surface area (Å²) in [5.41, 5.74) is 0.420. The van der Waals surface area contributed by atoms with Gasteiger partial charge in [0.1, 0.15) is 17.9 Å². The van der Waals surface area contributed by atoms with Crippen molar-refractivity contribution in [1.29, 1.82) is 0 Å². The molecular formula is C34H55FN6O10S3. The Balaban J connectivity index is 0.000000695. The average molecular weight is 823 g/mol. The van der Waals surface area contributed by atoms with Gasteiger partial charge in [0.15, 0.2) is 11.6 Å². The second-order valence-corrected chi connectivity index (χ2v) is 19.5. The SMILES string of the molecule is CCN(C(=O)c1cc(F)ccc1Oc1cncnc1N1CC2(CCN(CC3CCC(NS(=O)(=O)CC)CC3)CC2)C1)C(C)C.CS(=O)(=O)O.CS(=O)(=O)O. The Morgan fingerprint density at radius 2 is 1.57 bits per heavy atom. The van der Waals surface area contributed by atoms with Crippen LogP contribution < -0.4 is 14.4 Å². The van der Waals surface area contributed by atoms with Gasteiger partial charge in [-0.25, -0.2) is 27.5 Å². The lowest BCUT2D eigenvalue weighted by Gasteiger charge is -2.54. The molecule has 1 aliphatic carbocycles. The first-order valence-corrected chi connectivity index (χ1v) is 23.3. The number of carbonyl (C=O) groups is 1. The van der Waals surface area contributed by atoms with Crippen LogP contribution in [0, 0.1) is 17.2 Å². The summed E-state index contributed by atoms with van der Waals surface area (Å²) in [6.45, 7) is 12.9. The zero-order valence-corrected chi connectivity index (χ0v) is 34.3. The Morgan fingerprint density at radius 1 is 1.00 bits per heavy atom. The maximum absolute atomic E-state index is 14.2. The molecule has 1 aromatic carbocycles. The molecule has 3 fully saturated rings. The smallest absolute Gasteiger partial charge is 0.261 e. The van der Waals surface area contributed by atoms with E-state index in [0.717, 1.165) is 71.2 Å². The third-order valence-corrected chi connectivity index (χ3v) is 11.1. The van der Waals surface area contributed by atoms with E-state index in [1.807, 2.05) is 20.8 Å². The van der Waals surface area contributed by atoms with E-state index >= 15 is 0 Å². The number of anilines is 1. The quantitative estimate of drug-likeness (QED) is 0.276. The Kier molecular flexibility index (Phi) is 16.2. The second kappa shape index (κ2) is 19.2. The maximum Gasteiger partial charge on any atom is 0.261 e. The van der Waals surface area contributed by atoms with Crippen molar-refractivity contribution in [1.82, 2.24) is 24.5 Å². The Bertz CT molecular complexity index is 1830. The Labute approximate surface area is 319 Å². The number of piperidine rings is 1. The summed E-state index contributed by atoms with van der Waals surface area (Å²) in [6.07, 6.45) is 10.8. The van der Waals surface area contributed by atoms with Crippen LogP contribution in [-0.2, 0) is 30.3 Å². The molecule has 1 spiro atoms. The van der Waals surface area contributed by atoms with Gasteiger partial charge < -0.3 is 19.4 Å². The molecule has 5 rings (SSSR count). The predicted molar refractivity (Wildman–Crippen MR) is 204 cm³/mol. The summed E-state index contributed by atoms with van der Waals surface area (Å²) in [4.78, 5) is 28.5. The van der Waals surface area contributed by atoms with Gasteiger partial charge in [0.2, 0.25) is 10.0 Å². The minimum Gasteiger partial charge on any atom is -0.451 e. The molecule has 3 N–H and O–H groups in total. The van der Waals surface area contributed by atoms with Crippen molar-refractivity contribution in [3.05, 3.63) is 42.1 Å². The first-order valence-electron chi connectivity index (χ1n) is 17.9. The largest absolute Gasteiger partial charge is 0.451 e. The van der Waals surface area contributed by atoms with Crippen LogP contribution in [0.1, 0.15) is 76.6 Å². The van der Waals surface area contributed by atoms with Gasteiger partial charge in [-0.1, -0.05) is 0 Å². The number of rotatable bonds is 11. The molecule has 0 bridgehead atoms. The summed E-state index contributed by atoms with van der Waals surface area (Å²) in [6, 6.07) is 4.08. The number of nitrogens with zero attached hydrogens (tertiary/aromatic N) is 5. The fraction of sp³-hybridized carbons (Fsp3) is 0.676. The number of hydrogen-bond acceptors (Lipinski definition) is 12. The van der Waals surface area contributed by atoms with Crippen molar-refractivity contribution in [3.63, 3.8) is 0 Å². The van der Waals surface area contributed by atoms with Gasteiger partial charge in [-0.05, 0) is 103 Å². The van der Waals surface area contributed by atoms with Crippen LogP contribution in [0.4, 0.5) is 10.2 Å². The number of halogens is 1. The van der Waals surface area contributed by atoms with Gasteiger partial charge in [0, 0.05) is 43.7 Å². The highest BCUT2D eigenvalue weighted by Crippen LogP contribution is 2.45. The van der Waals surface area contributed by atoms with Crippen LogP contribution in [0.3, 0.4) is 0 Å². The summed E-state index contributed by atoms with van der Waals surface area (Å²) in [5, 5.41) is 0. The number of carbonyl (C=O) groups excluding carboxylic acids is 1. The molecule has 0 unspecified atom stereocenters. The van der Waals surface area contributed by atoms with Gasteiger partial charge >= 0.3 is 0 Å². The number of aromatic nitrogens is 2. The molecule has 1 amide bonds. The molecule has 1 aromatic heterocycles. The molecule has 3 aliphatic rings. The van der Waals surface area contributed by atoms with E-state index in [2.05, 4.69) is 24.5 Å². The van der Waals surface area contributed by atoms with Crippen molar-refractivity contribution in [2.24, 2.45) is 11.3 Å². The molecule has 54 heavy (non-hydrogen) atoms. The molecule has 1 saturated carbocycles. The molecule has 2 aromatic rings. The van der Waals surface area contributed by atoms with Crippen LogP contribution in [-0.4, -0.2) is 130 Å². The average Bonchev–Trinajstić information content (AvgIpc) is 3.05. The number of ether oxygens (including phenoxy) is 1. The van der Waals surface area contributed by atoms with Gasteiger partial charge in [-0.3, -0.25) is 13.9 Å². The maximum atomic E-state index is 14.2. The molecule has 3 heterocycles. The minimum atomic E-state index is -3.67. The number of likely N-dealkylation sites (tertiary alicyclic amines) is 1. The first-order chi connectivity index (χ1) is 25.0. The summed E-state index contributed by atoms with van der Waals surface area (Å²) < 4.78 is 98.9. The first kappa shape index (κ1) is 45.4. The van der Waals surface area contributed by atoms with E-state index < -0.39 is 36.1 Å². The molecule has 16 nitrogen and oxygen atoms in total. The second-order valence-electron chi connectivity index (χ2n) is 14.5. The molecule has 2 aliphatic heterocycles. The van der Waals surface area contributed by atoms with E-state index in [-0.39, 0.29) is 40.5 Å². The number of hydrogen-bond donors (Lipinski definition) is 3. The lowest BCUT2D eigenvalue weighted by atomic mass is 9.71. The lowest BCUT2D eigenvalue weighted by Crippen LogP contribution is -2.61. The summed E-state index contributed by atoms with van der Waals surface area (Å²) in [7, 11) is -10.5.